The summed E-state index contributed by atoms with van der Waals surface area (Å²) in [7, 11) is 1.71. The third kappa shape index (κ3) is 2.88. The van der Waals surface area contributed by atoms with Gasteiger partial charge in [-0.2, -0.15) is 0 Å². The lowest BCUT2D eigenvalue weighted by Gasteiger charge is -2.05. The topological polar surface area (TPSA) is 9.23 Å². The number of benzene rings is 2. The first-order valence-electron chi connectivity index (χ1n) is 6.05. The largest absolute Gasteiger partial charge is 0.380 e. The quantitative estimate of drug-likeness (QED) is 0.760. The summed E-state index contributed by atoms with van der Waals surface area (Å²) in [6.45, 7) is 6.63. The molecule has 0 heterocycles. The van der Waals surface area contributed by atoms with Crippen LogP contribution in [0.15, 0.2) is 55.1 Å². The van der Waals surface area contributed by atoms with Gasteiger partial charge in [-0.1, -0.05) is 60.7 Å². The first-order valence-corrected chi connectivity index (χ1v) is 6.05. The van der Waals surface area contributed by atoms with Crippen LogP contribution in [0.1, 0.15) is 18.1 Å². The van der Waals surface area contributed by atoms with E-state index in [1.165, 1.54) is 22.3 Å². The molecule has 1 nitrogen and oxygen atoms in total. The third-order valence-corrected chi connectivity index (χ3v) is 2.98. The van der Waals surface area contributed by atoms with Crippen LogP contribution in [0.5, 0.6) is 0 Å². The highest BCUT2D eigenvalue weighted by Crippen LogP contribution is 2.22. The van der Waals surface area contributed by atoms with Gasteiger partial charge >= 0.3 is 0 Å². The number of hydrogen-bond acceptors (Lipinski definition) is 1. The Morgan fingerprint density at radius 3 is 1.89 bits per heavy atom. The van der Waals surface area contributed by atoms with Crippen molar-refractivity contribution >= 4 is 5.57 Å². The number of allylic oxidation sites excluding steroid dienone is 1. The van der Waals surface area contributed by atoms with Crippen molar-refractivity contribution in [2.24, 2.45) is 0 Å². The second-order valence-corrected chi connectivity index (χ2v) is 4.49. The lowest BCUT2D eigenvalue weighted by molar-refractivity contribution is 0.185. The number of rotatable bonds is 4. The summed E-state index contributed by atoms with van der Waals surface area (Å²) in [6.07, 6.45) is 0. The smallest absolute Gasteiger partial charge is 0.0713 e. The third-order valence-electron chi connectivity index (χ3n) is 2.98. The molecular weight excluding hydrogens is 220 g/mol. The average molecular weight is 238 g/mol. The standard InChI is InChI=1S/C17H18O/c1-13(2)15-8-10-17(11-9-15)16-6-4-14(5-7-16)12-18-3/h4-11H,1,12H2,2-3H3. The van der Waals surface area contributed by atoms with Crippen molar-refractivity contribution in [1.82, 2.24) is 0 Å². The zero-order valence-corrected chi connectivity index (χ0v) is 10.9. The maximum Gasteiger partial charge on any atom is 0.0713 e. The van der Waals surface area contributed by atoms with Crippen molar-refractivity contribution in [2.45, 2.75) is 13.5 Å². The van der Waals surface area contributed by atoms with E-state index in [9.17, 15) is 0 Å². The van der Waals surface area contributed by atoms with Gasteiger partial charge in [0, 0.05) is 7.11 Å². The van der Waals surface area contributed by atoms with E-state index < -0.39 is 0 Å². The summed E-state index contributed by atoms with van der Waals surface area (Å²) in [4.78, 5) is 0. The molecule has 0 unspecified atom stereocenters. The van der Waals surface area contributed by atoms with E-state index in [1.807, 2.05) is 6.92 Å². The highest BCUT2D eigenvalue weighted by molar-refractivity contribution is 5.68. The predicted octanol–water partition coefficient (Wildman–Crippen LogP) is 4.53. The van der Waals surface area contributed by atoms with Crippen molar-refractivity contribution < 1.29 is 4.74 Å². The minimum Gasteiger partial charge on any atom is -0.380 e. The van der Waals surface area contributed by atoms with E-state index in [1.54, 1.807) is 7.11 Å². The molecule has 0 aliphatic rings. The maximum atomic E-state index is 5.11. The molecule has 0 fully saturated rings. The Kier molecular flexibility index (Phi) is 3.96. The molecule has 0 amide bonds. The van der Waals surface area contributed by atoms with E-state index in [4.69, 9.17) is 4.74 Å². The fraction of sp³-hybridized carbons (Fsp3) is 0.176. The first-order chi connectivity index (χ1) is 8.70. The minimum absolute atomic E-state index is 0.662. The van der Waals surface area contributed by atoms with Gasteiger partial charge in [0.15, 0.2) is 0 Å². The molecule has 0 radical (unpaired) electrons. The molecule has 1 heteroatoms. The molecule has 0 saturated heterocycles. The van der Waals surface area contributed by atoms with Crippen LogP contribution in [0.3, 0.4) is 0 Å². The minimum atomic E-state index is 0.662. The zero-order chi connectivity index (χ0) is 13.0. The lowest BCUT2D eigenvalue weighted by Crippen LogP contribution is -1.87. The highest BCUT2D eigenvalue weighted by Gasteiger charge is 1.99. The van der Waals surface area contributed by atoms with Gasteiger partial charge in [0.1, 0.15) is 0 Å². The molecule has 0 saturated carbocycles. The van der Waals surface area contributed by atoms with Crippen LogP contribution in [0.2, 0.25) is 0 Å². The molecular formula is C17H18O. The summed E-state index contributed by atoms with van der Waals surface area (Å²) in [6, 6.07) is 17.0. The molecule has 0 spiro atoms. The van der Waals surface area contributed by atoms with Gasteiger partial charge in [0.2, 0.25) is 0 Å². The van der Waals surface area contributed by atoms with Gasteiger partial charge in [0.05, 0.1) is 6.61 Å². The van der Waals surface area contributed by atoms with Crippen LogP contribution in [-0.4, -0.2) is 7.11 Å². The van der Waals surface area contributed by atoms with Crippen LogP contribution in [0.25, 0.3) is 16.7 Å². The van der Waals surface area contributed by atoms with E-state index in [2.05, 4.69) is 55.1 Å². The van der Waals surface area contributed by atoms with Crippen molar-refractivity contribution in [2.75, 3.05) is 7.11 Å². The second kappa shape index (κ2) is 5.65. The van der Waals surface area contributed by atoms with Crippen LogP contribution in [-0.2, 0) is 11.3 Å². The summed E-state index contributed by atoms with van der Waals surface area (Å²) >= 11 is 0. The van der Waals surface area contributed by atoms with Gasteiger partial charge in [-0.05, 0) is 29.2 Å². The van der Waals surface area contributed by atoms with Crippen LogP contribution < -0.4 is 0 Å². The van der Waals surface area contributed by atoms with Gasteiger partial charge in [-0.25, -0.2) is 0 Å². The molecule has 2 aromatic carbocycles. The molecule has 18 heavy (non-hydrogen) atoms. The Hall–Kier alpha value is -1.86. The first kappa shape index (κ1) is 12.6. The Labute approximate surface area is 109 Å². The molecule has 0 bridgehead atoms. The van der Waals surface area contributed by atoms with Crippen molar-refractivity contribution in [3.05, 3.63) is 66.2 Å². The van der Waals surface area contributed by atoms with Gasteiger partial charge < -0.3 is 4.74 Å². The lowest BCUT2D eigenvalue weighted by atomic mass is 10.0. The van der Waals surface area contributed by atoms with Crippen molar-refractivity contribution in [3.8, 4) is 11.1 Å². The van der Waals surface area contributed by atoms with E-state index in [0.29, 0.717) is 6.61 Å². The summed E-state index contributed by atoms with van der Waals surface area (Å²) in [5.74, 6) is 0. The fourth-order valence-electron chi connectivity index (χ4n) is 1.91. The second-order valence-electron chi connectivity index (χ2n) is 4.49. The number of hydrogen-bond donors (Lipinski definition) is 0. The molecule has 0 aliphatic carbocycles. The van der Waals surface area contributed by atoms with Gasteiger partial charge in [0.25, 0.3) is 0 Å². The van der Waals surface area contributed by atoms with E-state index in [0.717, 1.165) is 5.57 Å². The summed E-state index contributed by atoms with van der Waals surface area (Å²) < 4.78 is 5.11. The maximum absolute atomic E-state index is 5.11. The Bertz CT molecular complexity index is 521. The van der Waals surface area contributed by atoms with E-state index in [-0.39, 0.29) is 0 Å². The Balaban J connectivity index is 2.23. The molecule has 0 aliphatic heterocycles. The van der Waals surface area contributed by atoms with Crippen LogP contribution in [0, 0.1) is 0 Å². The number of methoxy groups -OCH3 is 1. The Morgan fingerprint density at radius 1 is 0.944 bits per heavy atom. The van der Waals surface area contributed by atoms with Crippen LogP contribution in [0.4, 0.5) is 0 Å². The summed E-state index contributed by atoms with van der Waals surface area (Å²) in [5.41, 5.74) is 5.93. The van der Waals surface area contributed by atoms with Crippen molar-refractivity contribution in [3.63, 3.8) is 0 Å². The average Bonchev–Trinajstić information content (AvgIpc) is 2.40. The molecule has 0 atom stereocenters. The SMILES string of the molecule is C=C(C)c1ccc(-c2ccc(COC)cc2)cc1. The molecule has 2 rings (SSSR count). The fourth-order valence-corrected chi connectivity index (χ4v) is 1.91. The normalized spacial score (nSPS) is 10.3. The van der Waals surface area contributed by atoms with E-state index >= 15 is 0 Å². The van der Waals surface area contributed by atoms with Gasteiger partial charge in [-0.15, -0.1) is 0 Å². The highest BCUT2D eigenvalue weighted by atomic mass is 16.5. The molecule has 2 aromatic rings. The molecule has 0 aromatic heterocycles. The Morgan fingerprint density at radius 2 is 1.44 bits per heavy atom. The van der Waals surface area contributed by atoms with Crippen molar-refractivity contribution in [1.29, 1.82) is 0 Å². The molecule has 0 N–H and O–H groups in total. The monoisotopic (exact) mass is 238 g/mol. The predicted molar refractivity (Wildman–Crippen MR) is 77.3 cm³/mol. The van der Waals surface area contributed by atoms with Gasteiger partial charge in [-0.3, -0.25) is 0 Å². The van der Waals surface area contributed by atoms with Crippen LogP contribution >= 0.6 is 0 Å². The number of ether oxygens (including phenoxy) is 1. The molecule has 92 valence electrons. The summed E-state index contributed by atoms with van der Waals surface area (Å²) in [5, 5.41) is 0. The zero-order valence-electron chi connectivity index (χ0n) is 10.9.